The molecule has 1 aromatic rings. The number of thiophene rings is 1. The average Bonchev–Trinajstić information content (AvgIpc) is 2.57. The summed E-state index contributed by atoms with van der Waals surface area (Å²) in [6, 6.07) is 3.32. The molecule has 16 heavy (non-hydrogen) atoms. The summed E-state index contributed by atoms with van der Waals surface area (Å²) in [7, 11) is 0. The highest BCUT2D eigenvalue weighted by atomic mass is 79.9. The SMILES string of the molecule is OC1CC(NC2CCCc3sc(Br)cc32)C1. The summed E-state index contributed by atoms with van der Waals surface area (Å²) in [6.07, 6.45) is 5.55. The largest absolute Gasteiger partial charge is 0.393 e. The van der Waals surface area contributed by atoms with Crippen LogP contribution in [0.25, 0.3) is 0 Å². The molecule has 0 bridgehead atoms. The lowest BCUT2D eigenvalue weighted by Crippen LogP contribution is -2.46. The van der Waals surface area contributed by atoms with E-state index in [0.29, 0.717) is 12.1 Å². The van der Waals surface area contributed by atoms with Crippen LogP contribution in [0.1, 0.15) is 42.2 Å². The van der Waals surface area contributed by atoms with Gasteiger partial charge in [0.1, 0.15) is 0 Å². The van der Waals surface area contributed by atoms with Crippen LogP contribution in [0.15, 0.2) is 9.85 Å². The fraction of sp³-hybridized carbons (Fsp3) is 0.667. The van der Waals surface area contributed by atoms with Crippen molar-refractivity contribution < 1.29 is 5.11 Å². The molecule has 0 amide bonds. The van der Waals surface area contributed by atoms with E-state index in [4.69, 9.17) is 0 Å². The van der Waals surface area contributed by atoms with Crippen molar-refractivity contribution in [3.05, 3.63) is 20.3 Å². The lowest BCUT2D eigenvalue weighted by Gasteiger charge is -2.36. The van der Waals surface area contributed by atoms with Crippen molar-refractivity contribution in [1.82, 2.24) is 5.32 Å². The first-order valence-corrected chi connectivity index (χ1v) is 7.55. The number of aliphatic hydroxyl groups excluding tert-OH is 1. The second-order valence-electron chi connectivity index (χ2n) is 4.86. The Morgan fingerprint density at radius 2 is 2.25 bits per heavy atom. The normalized spacial score (nSPS) is 33.2. The highest BCUT2D eigenvalue weighted by molar-refractivity contribution is 9.11. The molecule has 2 nitrogen and oxygen atoms in total. The van der Waals surface area contributed by atoms with E-state index in [9.17, 15) is 5.11 Å². The summed E-state index contributed by atoms with van der Waals surface area (Å²) in [5.74, 6) is 0. The molecule has 0 aromatic carbocycles. The van der Waals surface area contributed by atoms with Crippen molar-refractivity contribution in [2.75, 3.05) is 0 Å². The van der Waals surface area contributed by atoms with Gasteiger partial charge in [-0.25, -0.2) is 0 Å². The van der Waals surface area contributed by atoms with E-state index >= 15 is 0 Å². The number of nitrogens with one attached hydrogen (secondary N) is 1. The van der Waals surface area contributed by atoms with Crippen molar-refractivity contribution in [2.45, 2.75) is 50.3 Å². The highest BCUT2D eigenvalue weighted by Crippen LogP contribution is 2.39. The minimum Gasteiger partial charge on any atom is -0.393 e. The quantitative estimate of drug-likeness (QED) is 0.880. The van der Waals surface area contributed by atoms with Gasteiger partial charge in [0, 0.05) is 17.0 Å². The van der Waals surface area contributed by atoms with Gasteiger partial charge in [-0.1, -0.05) is 0 Å². The second-order valence-corrected chi connectivity index (χ2v) is 7.38. The van der Waals surface area contributed by atoms with Gasteiger partial charge in [-0.05, 0) is 59.7 Å². The fourth-order valence-electron chi connectivity index (χ4n) is 2.70. The maximum atomic E-state index is 9.30. The smallest absolute Gasteiger partial charge is 0.0704 e. The molecular formula is C12H16BrNOS. The third-order valence-corrected chi connectivity index (χ3v) is 5.35. The van der Waals surface area contributed by atoms with Crippen LogP contribution in [0.2, 0.25) is 0 Å². The molecule has 2 aliphatic rings. The number of rotatable bonds is 2. The Morgan fingerprint density at radius 1 is 1.44 bits per heavy atom. The van der Waals surface area contributed by atoms with E-state index in [0.717, 1.165) is 12.8 Å². The minimum atomic E-state index is -0.0604. The maximum absolute atomic E-state index is 9.30. The lowest BCUT2D eigenvalue weighted by atomic mass is 9.86. The number of hydrogen-bond acceptors (Lipinski definition) is 3. The molecule has 1 aromatic heterocycles. The van der Waals surface area contributed by atoms with Crippen LogP contribution >= 0.6 is 27.3 Å². The van der Waals surface area contributed by atoms with Gasteiger partial charge in [-0.2, -0.15) is 0 Å². The Labute approximate surface area is 108 Å². The first kappa shape index (κ1) is 11.2. The molecule has 0 saturated heterocycles. The highest BCUT2D eigenvalue weighted by Gasteiger charge is 2.31. The first-order valence-electron chi connectivity index (χ1n) is 5.94. The van der Waals surface area contributed by atoms with E-state index in [1.54, 1.807) is 0 Å². The zero-order valence-corrected chi connectivity index (χ0v) is 11.5. The van der Waals surface area contributed by atoms with Gasteiger partial charge in [0.25, 0.3) is 0 Å². The zero-order valence-electron chi connectivity index (χ0n) is 9.08. The predicted octanol–water partition coefficient (Wildman–Crippen LogP) is 3.00. The Balaban J connectivity index is 1.72. The van der Waals surface area contributed by atoms with Gasteiger partial charge in [0.05, 0.1) is 9.89 Å². The van der Waals surface area contributed by atoms with Crippen molar-refractivity contribution in [2.24, 2.45) is 0 Å². The van der Waals surface area contributed by atoms with Crippen molar-refractivity contribution >= 4 is 27.3 Å². The molecule has 0 radical (unpaired) electrons. The van der Waals surface area contributed by atoms with Crippen LogP contribution in [0.5, 0.6) is 0 Å². The summed E-state index contributed by atoms with van der Waals surface area (Å²) < 4.78 is 1.25. The summed E-state index contributed by atoms with van der Waals surface area (Å²) in [6.45, 7) is 0. The van der Waals surface area contributed by atoms with Crippen LogP contribution in [0, 0.1) is 0 Å². The Hall–Kier alpha value is 0.100. The summed E-state index contributed by atoms with van der Waals surface area (Å²) in [5, 5.41) is 13.0. The van der Waals surface area contributed by atoms with Crippen LogP contribution in [-0.2, 0) is 6.42 Å². The number of aliphatic hydroxyl groups is 1. The molecule has 88 valence electrons. The van der Waals surface area contributed by atoms with E-state index in [1.807, 2.05) is 11.3 Å². The fourth-order valence-corrected chi connectivity index (χ4v) is 4.52. The molecule has 4 heteroatoms. The second kappa shape index (κ2) is 4.41. The average molecular weight is 302 g/mol. The van der Waals surface area contributed by atoms with Crippen LogP contribution in [0.3, 0.4) is 0 Å². The summed E-state index contributed by atoms with van der Waals surface area (Å²) in [4.78, 5) is 1.54. The van der Waals surface area contributed by atoms with Gasteiger partial charge in [0.15, 0.2) is 0 Å². The van der Waals surface area contributed by atoms with E-state index < -0.39 is 0 Å². The van der Waals surface area contributed by atoms with Gasteiger partial charge in [0.2, 0.25) is 0 Å². The van der Waals surface area contributed by atoms with Gasteiger partial charge in [-0.3, -0.25) is 0 Å². The van der Waals surface area contributed by atoms with Crippen LogP contribution in [0.4, 0.5) is 0 Å². The summed E-state index contributed by atoms with van der Waals surface area (Å²) in [5.41, 5.74) is 1.49. The molecule has 0 aliphatic heterocycles. The molecular weight excluding hydrogens is 286 g/mol. The predicted molar refractivity (Wildman–Crippen MR) is 69.9 cm³/mol. The number of fused-ring (bicyclic) bond motifs is 1. The topological polar surface area (TPSA) is 32.3 Å². The monoisotopic (exact) mass is 301 g/mol. The van der Waals surface area contributed by atoms with E-state index in [1.165, 1.54) is 33.5 Å². The molecule has 1 fully saturated rings. The molecule has 1 atom stereocenters. The Kier molecular flexibility index (Phi) is 3.09. The van der Waals surface area contributed by atoms with Crippen molar-refractivity contribution in [1.29, 1.82) is 0 Å². The number of aryl methyl sites for hydroxylation is 1. The third-order valence-electron chi connectivity index (χ3n) is 3.63. The van der Waals surface area contributed by atoms with Gasteiger partial charge >= 0.3 is 0 Å². The molecule has 3 rings (SSSR count). The number of hydrogen-bond donors (Lipinski definition) is 2. The molecule has 2 aliphatic carbocycles. The molecule has 1 saturated carbocycles. The number of halogens is 1. The molecule has 0 spiro atoms. The molecule has 1 heterocycles. The van der Waals surface area contributed by atoms with Crippen molar-refractivity contribution in [3.8, 4) is 0 Å². The molecule has 1 unspecified atom stereocenters. The van der Waals surface area contributed by atoms with Gasteiger partial charge < -0.3 is 10.4 Å². The van der Waals surface area contributed by atoms with Crippen LogP contribution in [-0.4, -0.2) is 17.3 Å². The van der Waals surface area contributed by atoms with Gasteiger partial charge in [-0.15, -0.1) is 11.3 Å². The standard InChI is InChI=1S/C12H16BrNOS/c13-12-6-9-10(2-1-3-11(9)16-12)14-7-4-8(15)5-7/h6-8,10,14-15H,1-5H2. The maximum Gasteiger partial charge on any atom is 0.0704 e. The van der Waals surface area contributed by atoms with E-state index in [-0.39, 0.29) is 6.10 Å². The molecule has 2 N–H and O–H groups in total. The van der Waals surface area contributed by atoms with E-state index in [2.05, 4.69) is 27.3 Å². The summed E-state index contributed by atoms with van der Waals surface area (Å²) >= 11 is 5.45. The zero-order chi connectivity index (χ0) is 11.1. The first-order chi connectivity index (χ1) is 7.72. The Bertz CT molecular complexity index is 386. The Morgan fingerprint density at radius 3 is 3.00 bits per heavy atom. The lowest BCUT2D eigenvalue weighted by molar-refractivity contribution is 0.0566. The third kappa shape index (κ3) is 2.08. The van der Waals surface area contributed by atoms with Crippen LogP contribution < -0.4 is 5.32 Å². The van der Waals surface area contributed by atoms with Crippen molar-refractivity contribution in [3.63, 3.8) is 0 Å². The minimum absolute atomic E-state index is 0.0604.